The summed E-state index contributed by atoms with van der Waals surface area (Å²) in [5.41, 5.74) is -1.17. The lowest BCUT2D eigenvalue weighted by atomic mass is 10.1. The van der Waals surface area contributed by atoms with Gasteiger partial charge in [-0.05, 0) is 19.9 Å². The Morgan fingerprint density at radius 3 is 2.22 bits per heavy atom. The molecule has 5 nitrogen and oxygen atoms in total. The van der Waals surface area contributed by atoms with E-state index in [1.165, 1.54) is 4.90 Å². The first-order valence-corrected chi connectivity index (χ1v) is 5.35. The van der Waals surface area contributed by atoms with Gasteiger partial charge in [0, 0.05) is 13.1 Å². The molecule has 1 amide bonds. The summed E-state index contributed by atoms with van der Waals surface area (Å²) >= 11 is 0. The van der Waals surface area contributed by atoms with Crippen LogP contribution in [0.2, 0.25) is 0 Å². The summed E-state index contributed by atoms with van der Waals surface area (Å²) in [6, 6.07) is 0.986. The van der Waals surface area contributed by atoms with Gasteiger partial charge < -0.3 is 4.90 Å². The summed E-state index contributed by atoms with van der Waals surface area (Å²) in [4.78, 5) is 23.1. The smallest absolute Gasteiger partial charge is 0.285 e. The maximum atomic E-state index is 13.1. The topological polar surface area (TPSA) is 63.5 Å². The third-order valence-electron chi connectivity index (χ3n) is 2.52. The average molecular weight is 258 g/mol. The molecule has 0 fully saturated rings. The number of benzene rings is 1. The van der Waals surface area contributed by atoms with E-state index in [2.05, 4.69) is 0 Å². The number of rotatable bonds is 4. The fraction of sp³-hybridized carbons (Fsp3) is 0.364. The van der Waals surface area contributed by atoms with E-state index < -0.39 is 33.7 Å². The molecule has 0 aliphatic heterocycles. The van der Waals surface area contributed by atoms with Crippen LogP contribution in [0.25, 0.3) is 0 Å². The fourth-order valence-corrected chi connectivity index (χ4v) is 1.54. The number of nitrogens with zero attached hydrogens (tertiary/aromatic N) is 2. The molecule has 1 aromatic carbocycles. The van der Waals surface area contributed by atoms with Crippen molar-refractivity contribution in [1.82, 2.24) is 4.90 Å². The molecule has 0 saturated heterocycles. The van der Waals surface area contributed by atoms with E-state index in [0.717, 1.165) is 0 Å². The molecule has 18 heavy (non-hydrogen) atoms. The van der Waals surface area contributed by atoms with Crippen LogP contribution in [0, 0.1) is 21.7 Å². The maximum absolute atomic E-state index is 13.1. The minimum absolute atomic E-state index is 0.325. The quantitative estimate of drug-likeness (QED) is 0.615. The first-order chi connectivity index (χ1) is 8.42. The minimum Gasteiger partial charge on any atom is -0.339 e. The van der Waals surface area contributed by atoms with Crippen LogP contribution >= 0.6 is 0 Å². The Kier molecular flexibility index (Phi) is 4.30. The van der Waals surface area contributed by atoms with Gasteiger partial charge in [-0.25, -0.2) is 8.78 Å². The predicted octanol–water partition coefficient (Wildman–Crippen LogP) is 2.36. The Morgan fingerprint density at radius 2 is 1.78 bits per heavy atom. The molecule has 0 heterocycles. The monoisotopic (exact) mass is 258 g/mol. The highest BCUT2D eigenvalue weighted by Gasteiger charge is 2.26. The molecule has 0 bridgehead atoms. The van der Waals surface area contributed by atoms with Crippen molar-refractivity contribution in [1.29, 1.82) is 0 Å². The first-order valence-electron chi connectivity index (χ1n) is 5.35. The number of nitro benzene ring substituents is 1. The van der Waals surface area contributed by atoms with Gasteiger partial charge in [-0.1, -0.05) is 0 Å². The van der Waals surface area contributed by atoms with Gasteiger partial charge in [0.1, 0.15) is 5.56 Å². The zero-order chi connectivity index (χ0) is 13.9. The number of carbonyl (C=O) groups excluding carboxylic acids is 1. The molecule has 7 heteroatoms. The van der Waals surface area contributed by atoms with Crippen LogP contribution in [0.5, 0.6) is 0 Å². The summed E-state index contributed by atoms with van der Waals surface area (Å²) in [6.45, 7) is 4.02. The van der Waals surface area contributed by atoms with Gasteiger partial charge in [0.2, 0.25) is 0 Å². The third kappa shape index (κ3) is 2.61. The van der Waals surface area contributed by atoms with Crippen LogP contribution in [-0.4, -0.2) is 28.8 Å². The Balaban J connectivity index is 3.34. The Bertz CT molecular complexity index is 487. The van der Waals surface area contributed by atoms with Crippen LogP contribution in [0.4, 0.5) is 14.5 Å². The molecule has 0 aromatic heterocycles. The molecule has 98 valence electrons. The molecule has 1 aromatic rings. The highest BCUT2D eigenvalue weighted by atomic mass is 19.2. The van der Waals surface area contributed by atoms with E-state index in [1.807, 2.05) is 0 Å². The highest BCUT2D eigenvalue weighted by molar-refractivity contribution is 5.98. The molecule has 0 N–H and O–H groups in total. The van der Waals surface area contributed by atoms with E-state index in [0.29, 0.717) is 25.2 Å². The second-order valence-corrected chi connectivity index (χ2v) is 3.52. The van der Waals surface area contributed by atoms with Gasteiger partial charge in [0.15, 0.2) is 11.6 Å². The zero-order valence-corrected chi connectivity index (χ0v) is 9.94. The largest absolute Gasteiger partial charge is 0.339 e. The second kappa shape index (κ2) is 5.52. The van der Waals surface area contributed by atoms with Crippen LogP contribution in [0.3, 0.4) is 0 Å². The predicted molar refractivity (Wildman–Crippen MR) is 60.3 cm³/mol. The summed E-state index contributed by atoms with van der Waals surface area (Å²) in [6.07, 6.45) is 0. The molecule has 1 rings (SSSR count). The Hall–Kier alpha value is -2.05. The Labute approximate surface area is 102 Å². The van der Waals surface area contributed by atoms with Crippen LogP contribution in [0.1, 0.15) is 24.2 Å². The van der Waals surface area contributed by atoms with Crippen LogP contribution < -0.4 is 0 Å². The van der Waals surface area contributed by atoms with Crippen molar-refractivity contribution in [3.63, 3.8) is 0 Å². The highest BCUT2D eigenvalue weighted by Crippen LogP contribution is 2.23. The molecule has 0 saturated carbocycles. The molecule has 0 aliphatic rings. The normalized spacial score (nSPS) is 10.2. The lowest BCUT2D eigenvalue weighted by molar-refractivity contribution is -0.385. The minimum atomic E-state index is -1.35. The van der Waals surface area contributed by atoms with Crippen molar-refractivity contribution < 1.29 is 18.5 Å². The SMILES string of the molecule is CCN(CC)C(=O)c1cc(F)c(F)cc1[N+](=O)[O-]. The maximum Gasteiger partial charge on any atom is 0.285 e. The van der Waals surface area contributed by atoms with Gasteiger partial charge in [0.05, 0.1) is 11.0 Å². The zero-order valence-electron chi connectivity index (χ0n) is 9.94. The van der Waals surface area contributed by atoms with E-state index in [4.69, 9.17) is 0 Å². The molecule has 0 aliphatic carbocycles. The number of hydrogen-bond acceptors (Lipinski definition) is 3. The second-order valence-electron chi connectivity index (χ2n) is 3.52. The summed E-state index contributed by atoms with van der Waals surface area (Å²) in [5.74, 6) is -3.32. The van der Waals surface area contributed by atoms with Gasteiger partial charge in [0.25, 0.3) is 11.6 Å². The summed E-state index contributed by atoms with van der Waals surface area (Å²) in [7, 11) is 0. The van der Waals surface area contributed by atoms with Crippen molar-refractivity contribution in [3.8, 4) is 0 Å². The number of amides is 1. The lowest BCUT2D eigenvalue weighted by Gasteiger charge is -2.18. The van der Waals surface area contributed by atoms with Gasteiger partial charge in [-0.2, -0.15) is 0 Å². The number of carbonyl (C=O) groups is 1. The van der Waals surface area contributed by atoms with E-state index in [-0.39, 0.29) is 0 Å². The van der Waals surface area contributed by atoms with E-state index in [9.17, 15) is 23.7 Å². The van der Waals surface area contributed by atoms with E-state index in [1.54, 1.807) is 13.8 Å². The third-order valence-corrected chi connectivity index (χ3v) is 2.52. The molecule has 0 radical (unpaired) electrons. The van der Waals surface area contributed by atoms with Crippen molar-refractivity contribution in [3.05, 3.63) is 39.4 Å². The first kappa shape index (κ1) is 14.0. The van der Waals surface area contributed by atoms with Crippen LogP contribution in [-0.2, 0) is 0 Å². The molecular formula is C11H12F2N2O3. The van der Waals surface area contributed by atoms with Gasteiger partial charge in [-0.3, -0.25) is 14.9 Å². The molecule has 0 atom stereocenters. The number of nitro groups is 1. The van der Waals surface area contributed by atoms with Gasteiger partial charge >= 0.3 is 0 Å². The molecule has 0 unspecified atom stereocenters. The average Bonchev–Trinajstić information content (AvgIpc) is 2.33. The number of hydrogen-bond donors (Lipinski definition) is 0. The van der Waals surface area contributed by atoms with Crippen molar-refractivity contribution >= 4 is 11.6 Å². The summed E-state index contributed by atoms with van der Waals surface area (Å²) in [5, 5.41) is 10.7. The van der Waals surface area contributed by atoms with E-state index >= 15 is 0 Å². The van der Waals surface area contributed by atoms with Crippen molar-refractivity contribution in [2.75, 3.05) is 13.1 Å². The number of halogens is 2. The molecular weight excluding hydrogens is 246 g/mol. The lowest BCUT2D eigenvalue weighted by Crippen LogP contribution is -2.31. The van der Waals surface area contributed by atoms with Crippen molar-refractivity contribution in [2.24, 2.45) is 0 Å². The van der Waals surface area contributed by atoms with Gasteiger partial charge in [-0.15, -0.1) is 0 Å². The standard InChI is InChI=1S/C11H12F2N2O3/c1-3-14(4-2)11(16)7-5-8(12)9(13)6-10(7)15(17)18/h5-6H,3-4H2,1-2H3. The Morgan fingerprint density at radius 1 is 1.28 bits per heavy atom. The summed E-state index contributed by atoms with van der Waals surface area (Å²) < 4.78 is 26.0. The van der Waals surface area contributed by atoms with Crippen LogP contribution in [0.15, 0.2) is 12.1 Å². The van der Waals surface area contributed by atoms with Crippen molar-refractivity contribution in [2.45, 2.75) is 13.8 Å². The fourth-order valence-electron chi connectivity index (χ4n) is 1.54. The molecule has 0 spiro atoms.